The van der Waals surface area contributed by atoms with Gasteiger partial charge < -0.3 is 4.74 Å². The Labute approximate surface area is 188 Å². The topological polar surface area (TPSA) is 9.23 Å². The van der Waals surface area contributed by atoms with Crippen molar-refractivity contribution in [2.75, 3.05) is 0 Å². The van der Waals surface area contributed by atoms with Crippen LogP contribution in [0, 0.1) is 17.7 Å². The van der Waals surface area contributed by atoms with Crippen LogP contribution in [0.1, 0.15) is 75.8 Å². The molecule has 1 aliphatic carbocycles. The maximum Gasteiger partial charge on any atom is 0.573 e. The fourth-order valence-electron chi connectivity index (χ4n) is 4.38. The molecule has 0 bridgehead atoms. The van der Waals surface area contributed by atoms with Crippen LogP contribution >= 0.6 is 0 Å². The van der Waals surface area contributed by atoms with Gasteiger partial charge in [0.25, 0.3) is 0 Å². The lowest BCUT2D eigenvalue weighted by Gasteiger charge is -2.28. The summed E-state index contributed by atoms with van der Waals surface area (Å²) in [4.78, 5) is 0. The van der Waals surface area contributed by atoms with E-state index in [1.165, 1.54) is 63.5 Å². The number of hydrogen-bond donors (Lipinski definition) is 0. The third-order valence-corrected chi connectivity index (χ3v) is 6.15. The molecule has 1 saturated carbocycles. The Morgan fingerprint density at radius 1 is 0.968 bits per heavy atom. The fraction of sp³-hybridized carbons (Fsp3) is 0.538. The lowest BCUT2D eigenvalue weighted by molar-refractivity contribution is -0.274. The van der Waals surface area contributed by atoms with Gasteiger partial charge in [0.15, 0.2) is 0 Å². The molecule has 0 aromatic heterocycles. The molecule has 1 aliphatic rings. The minimum absolute atomic E-state index is 0.183. The highest BCUT2D eigenvalue weighted by atomic mass is 19.4. The van der Waals surface area contributed by atoms with Crippen molar-refractivity contribution in [2.45, 2.75) is 77.5 Å². The number of halogens is 4. The number of rotatable bonds is 9. The van der Waals surface area contributed by atoms with E-state index in [2.05, 4.69) is 11.7 Å². The summed E-state index contributed by atoms with van der Waals surface area (Å²) in [6.45, 7) is 2.21. The molecule has 0 saturated heterocycles. The van der Waals surface area contributed by atoms with Crippen LogP contribution in [0.25, 0.3) is 11.1 Å². The quantitative estimate of drug-likeness (QED) is 0.280. The van der Waals surface area contributed by atoms with Gasteiger partial charge in [-0.05, 0) is 54.0 Å². The molecule has 1 fully saturated rings. The molecule has 2 aromatic carbocycles. The smallest absolute Gasteiger partial charge is 0.406 e. The standard InChI is InChI=1S/C26H32F4O/c1-2-3-4-5-19-6-8-20(9-7-19)10-11-21-12-17-24(25(27)18-21)22-13-15-23(16-14-22)31-26(28,29)30/h12-20H,2-11H2,1H3/i13D,14D,15D,16D. The van der Waals surface area contributed by atoms with Crippen LogP contribution in [0.3, 0.4) is 0 Å². The van der Waals surface area contributed by atoms with E-state index < -0.39 is 42.1 Å². The molecule has 0 atom stereocenters. The molecule has 5 heteroatoms. The summed E-state index contributed by atoms with van der Waals surface area (Å²) in [5.74, 6) is -0.525. The zero-order valence-electron chi connectivity index (χ0n) is 21.9. The van der Waals surface area contributed by atoms with Crippen LogP contribution in [-0.2, 0) is 6.42 Å². The van der Waals surface area contributed by atoms with Gasteiger partial charge >= 0.3 is 6.36 Å². The zero-order chi connectivity index (χ0) is 25.8. The average Bonchev–Trinajstić information content (AvgIpc) is 2.81. The Kier molecular flexibility index (Phi) is 6.58. The largest absolute Gasteiger partial charge is 0.573 e. The van der Waals surface area contributed by atoms with Crippen LogP contribution in [0.4, 0.5) is 17.6 Å². The highest BCUT2D eigenvalue weighted by molar-refractivity contribution is 5.65. The van der Waals surface area contributed by atoms with Gasteiger partial charge in [-0.1, -0.05) is 82.5 Å². The summed E-state index contributed by atoms with van der Waals surface area (Å²) in [7, 11) is 0. The Morgan fingerprint density at radius 3 is 2.19 bits per heavy atom. The number of ether oxygens (including phenoxy) is 1. The van der Waals surface area contributed by atoms with Gasteiger partial charge in [0, 0.05) is 5.56 Å². The molecular weight excluding hydrogens is 404 g/mol. The molecule has 170 valence electrons. The molecule has 0 N–H and O–H groups in total. The van der Waals surface area contributed by atoms with Crippen molar-refractivity contribution in [1.82, 2.24) is 0 Å². The van der Waals surface area contributed by atoms with Gasteiger partial charge in [-0.3, -0.25) is 0 Å². The predicted molar refractivity (Wildman–Crippen MR) is 116 cm³/mol. The second-order valence-corrected chi connectivity index (χ2v) is 8.49. The van der Waals surface area contributed by atoms with E-state index in [9.17, 15) is 17.6 Å². The first-order valence-corrected chi connectivity index (χ1v) is 11.2. The van der Waals surface area contributed by atoms with Gasteiger partial charge in [0.1, 0.15) is 11.6 Å². The second-order valence-electron chi connectivity index (χ2n) is 8.49. The molecule has 0 unspecified atom stereocenters. The summed E-state index contributed by atoms with van der Waals surface area (Å²) in [6, 6.07) is 0.794. The van der Waals surface area contributed by atoms with Crippen molar-refractivity contribution < 1.29 is 27.8 Å². The van der Waals surface area contributed by atoms with E-state index in [1.54, 1.807) is 6.07 Å². The maximum atomic E-state index is 15.0. The van der Waals surface area contributed by atoms with Gasteiger partial charge in [-0.25, -0.2) is 4.39 Å². The highest BCUT2D eigenvalue weighted by Crippen LogP contribution is 2.35. The Balaban J connectivity index is 1.69. The van der Waals surface area contributed by atoms with E-state index in [0.717, 1.165) is 17.9 Å². The third kappa shape index (κ3) is 7.55. The van der Waals surface area contributed by atoms with Crippen molar-refractivity contribution in [3.63, 3.8) is 0 Å². The highest BCUT2D eigenvalue weighted by Gasteiger charge is 2.31. The summed E-state index contributed by atoms with van der Waals surface area (Å²) in [5, 5.41) is 0. The monoisotopic (exact) mass is 440 g/mol. The first-order valence-electron chi connectivity index (χ1n) is 13.2. The van der Waals surface area contributed by atoms with E-state index in [0.29, 0.717) is 12.3 Å². The number of aryl methyl sites for hydroxylation is 1. The average molecular weight is 441 g/mol. The number of unbranched alkanes of at least 4 members (excludes halogenated alkanes) is 2. The van der Waals surface area contributed by atoms with Gasteiger partial charge in [-0.2, -0.15) is 0 Å². The lowest BCUT2D eigenvalue weighted by atomic mass is 9.78. The van der Waals surface area contributed by atoms with E-state index in [4.69, 9.17) is 5.48 Å². The molecule has 0 amide bonds. The minimum atomic E-state index is -5.17. The Hall–Kier alpha value is -2.04. The summed E-state index contributed by atoms with van der Waals surface area (Å²) < 4.78 is 88.2. The normalized spacial score (nSPS) is 21.2. The molecule has 0 spiro atoms. The van der Waals surface area contributed by atoms with Crippen LogP contribution in [0.5, 0.6) is 5.75 Å². The number of alkyl halides is 3. The Morgan fingerprint density at radius 2 is 1.61 bits per heavy atom. The molecular formula is C26H32F4O. The zero-order valence-corrected chi connectivity index (χ0v) is 17.9. The maximum absolute atomic E-state index is 15.0. The van der Waals surface area contributed by atoms with Crippen molar-refractivity contribution >= 4 is 0 Å². The lowest BCUT2D eigenvalue weighted by Crippen LogP contribution is -2.16. The van der Waals surface area contributed by atoms with Gasteiger partial charge in [-0.15, -0.1) is 13.2 Å². The van der Waals surface area contributed by atoms with Crippen LogP contribution in [-0.4, -0.2) is 6.36 Å². The van der Waals surface area contributed by atoms with Gasteiger partial charge in [0.05, 0.1) is 5.48 Å². The first kappa shape index (κ1) is 18.5. The Bertz CT molecular complexity index is 988. The second kappa shape index (κ2) is 11.0. The fourth-order valence-corrected chi connectivity index (χ4v) is 4.38. The molecule has 1 nitrogen and oxygen atoms in total. The van der Waals surface area contributed by atoms with E-state index in [1.807, 2.05) is 0 Å². The van der Waals surface area contributed by atoms with Crippen molar-refractivity contribution in [3.05, 3.63) is 53.7 Å². The molecule has 2 aromatic rings. The summed E-state index contributed by atoms with van der Waals surface area (Å²) in [6.07, 6.45) is 6.49. The summed E-state index contributed by atoms with van der Waals surface area (Å²) in [5.41, 5.74) is 0.195. The van der Waals surface area contributed by atoms with Crippen LogP contribution in [0.15, 0.2) is 42.4 Å². The van der Waals surface area contributed by atoms with Crippen LogP contribution in [0.2, 0.25) is 0 Å². The van der Waals surface area contributed by atoms with Crippen molar-refractivity contribution in [2.24, 2.45) is 11.8 Å². The molecule has 0 radical (unpaired) electrons. The molecule has 0 heterocycles. The number of benzene rings is 2. The molecule has 31 heavy (non-hydrogen) atoms. The van der Waals surface area contributed by atoms with Crippen molar-refractivity contribution in [1.29, 1.82) is 0 Å². The van der Waals surface area contributed by atoms with Crippen LogP contribution < -0.4 is 4.74 Å². The SMILES string of the molecule is [2H]c1c([2H])c(-c2ccc(CCC3CCC(CCCCC)CC3)cc2F)c([2H])c([2H])c1OC(F)(F)F. The van der Waals surface area contributed by atoms with E-state index in [-0.39, 0.29) is 11.1 Å². The minimum Gasteiger partial charge on any atom is -0.406 e. The predicted octanol–water partition coefficient (Wildman–Crippen LogP) is 8.71. The summed E-state index contributed by atoms with van der Waals surface area (Å²) >= 11 is 0. The van der Waals surface area contributed by atoms with Gasteiger partial charge in [0.2, 0.25) is 0 Å². The van der Waals surface area contributed by atoms with E-state index >= 15 is 0 Å². The first-order chi connectivity index (χ1) is 16.5. The molecule has 0 aliphatic heterocycles. The number of hydrogen-bond acceptors (Lipinski definition) is 1. The third-order valence-electron chi connectivity index (χ3n) is 6.15. The van der Waals surface area contributed by atoms with Crippen molar-refractivity contribution in [3.8, 4) is 16.9 Å². The molecule has 3 rings (SSSR count).